The van der Waals surface area contributed by atoms with Crippen LogP contribution in [0.1, 0.15) is 10.4 Å². The number of carbonyl (C=O) groups excluding carboxylic acids is 3. The summed E-state index contributed by atoms with van der Waals surface area (Å²) in [6.07, 6.45) is 0.485. The molecule has 0 radical (unpaired) electrons. The maximum absolute atomic E-state index is 11.5. The highest BCUT2D eigenvalue weighted by molar-refractivity contribution is 8.00. The number of amides is 1. The monoisotopic (exact) mass is 267 g/mol. The third-order valence-electron chi connectivity index (χ3n) is 2.11. The molecule has 0 atom stereocenters. The fourth-order valence-electron chi connectivity index (χ4n) is 1.17. The minimum absolute atomic E-state index is 0.0157. The zero-order valence-corrected chi connectivity index (χ0v) is 10.7. The van der Waals surface area contributed by atoms with Gasteiger partial charge in [-0.1, -0.05) is 12.1 Å². The largest absolute Gasteiger partial charge is 0.468 e. The molecular weight excluding hydrogens is 254 g/mol. The Labute approximate surface area is 109 Å². The molecule has 0 aromatic heterocycles. The molecule has 0 aliphatic carbocycles. The molecule has 5 nitrogen and oxygen atoms in total. The van der Waals surface area contributed by atoms with Crippen LogP contribution in [-0.4, -0.2) is 37.6 Å². The molecule has 1 aromatic carbocycles. The summed E-state index contributed by atoms with van der Waals surface area (Å²) in [5.74, 6) is -0.224. The van der Waals surface area contributed by atoms with Crippen LogP contribution in [0.5, 0.6) is 0 Å². The Morgan fingerprint density at radius 1 is 1.33 bits per heavy atom. The van der Waals surface area contributed by atoms with Crippen molar-refractivity contribution in [1.29, 1.82) is 0 Å². The summed E-state index contributed by atoms with van der Waals surface area (Å²) >= 11 is 1.33. The summed E-state index contributed by atoms with van der Waals surface area (Å²) in [7, 11) is 1.34. The summed E-state index contributed by atoms with van der Waals surface area (Å²) in [6.45, 7) is -0.0157. The molecule has 1 aromatic rings. The number of Topliss-reactive ketones (excluding diaryl/α,β-unsaturated/α-hetero) is 1. The van der Waals surface area contributed by atoms with Gasteiger partial charge in [0, 0.05) is 10.5 Å². The smallest absolute Gasteiger partial charge is 0.315 e. The molecule has 0 aliphatic heterocycles. The number of nitrogens with one attached hydrogen (secondary N) is 1. The Morgan fingerprint density at radius 3 is 2.56 bits per heavy atom. The number of carbonyl (C=O) groups is 3. The minimum atomic E-state index is -0.296. The summed E-state index contributed by atoms with van der Waals surface area (Å²) in [5, 5.41) is 2.31. The summed E-state index contributed by atoms with van der Waals surface area (Å²) in [6, 6.07) is 6.83. The van der Waals surface area contributed by atoms with Gasteiger partial charge in [-0.15, -0.1) is 11.8 Å². The molecule has 96 valence electrons. The summed E-state index contributed by atoms with van der Waals surface area (Å²) in [4.78, 5) is 33.4. The fourth-order valence-corrected chi connectivity index (χ4v) is 1.91. The second-order valence-electron chi connectivity index (χ2n) is 3.31. The number of esters is 1. The van der Waals surface area contributed by atoms with Crippen LogP contribution in [-0.2, 0) is 14.3 Å². The SMILES string of the molecule is COC(=O)CSc1ccc(C(=O)CNC=O)cc1. The molecule has 0 saturated heterocycles. The lowest BCUT2D eigenvalue weighted by atomic mass is 10.1. The lowest BCUT2D eigenvalue weighted by molar-refractivity contribution is -0.137. The third-order valence-corrected chi connectivity index (χ3v) is 3.09. The number of hydrogen-bond donors (Lipinski definition) is 1. The summed E-state index contributed by atoms with van der Waals surface area (Å²) < 4.78 is 4.52. The van der Waals surface area contributed by atoms with Gasteiger partial charge in [-0.25, -0.2) is 0 Å². The molecule has 1 rings (SSSR count). The number of rotatable bonds is 7. The Kier molecular flexibility index (Phi) is 5.93. The molecule has 0 aliphatic rings. The highest BCUT2D eigenvalue weighted by Gasteiger charge is 2.06. The quantitative estimate of drug-likeness (QED) is 0.343. The van der Waals surface area contributed by atoms with E-state index in [2.05, 4.69) is 10.1 Å². The number of benzene rings is 1. The van der Waals surface area contributed by atoms with Gasteiger partial charge >= 0.3 is 5.97 Å². The molecule has 0 saturated carbocycles. The normalized spacial score (nSPS) is 9.61. The van der Waals surface area contributed by atoms with Crippen LogP contribution in [0.15, 0.2) is 29.2 Å². The zero-order valence-electron chi connectivity index (χ0n) is 9.84. The predicted molar refractivity (Wildman–Crippen MR) is 67.6 cm³/mol. The van der Waals surface area contributed by atoms with Crippen LogP contribution in [0, 0.1) is 0 Å². The molecule has 0 bridgehead atoms. The minimum Gasteiger partial charge on any atom is -0.468 e. The molecule has 1 N–H and O–H groups in total. The van der Waals surface area contributed by atoms with Crippen molar-refractivity contribution in [3.63, 3.8) is 0 Å². The van der Waals surface area contributed by atoms with Crippen LogP contribution in [0.25, 0.3) is 0 Å². The first-order chi connectivity index (χ1) is 8.67. The molecule has 18 heavy (non-hydrogen) atoms. The Morgan fingerprint density at radius 2 is 2.00 bits per heavy atom. The Balaban J connectivity index is 2.54. The van der Waals surface area contributed by atoms with Gasteiger partial charge in [0.2, 0.25) is 6.41 Å². The van der Waals surface area contributed by atoms with Gasteiger partial charge in [0.15, 0.2) is 5.78 Å². The Bertz CT molecular complexity index is 430. The topological polar surface area (TPSA) is 72.5 Å². The zero-order chi connectivity index (χ0) is 13.4. The van der Waals surface area contributed by atoms with Crippen LogP contribution in [0.2, 0.25) is 0 Å². The van der Waals surface area contributed by atoms with E-state index < -0.39 is 0 Å². The molecular formula is C12H13NO4S. The Hall–Kier alpha value is -1.82. The maximum Gasteiger partial charge on any atom is 0.315 e. The maximum atomic E-state index is 11.5. The standard InChI is InChI=1S/C12H13NO4S/c1-17-12(16)7-18-10-4-2-9(3-5-10)11(15)6-13-8-14/h2-5,8H,6-7H2,1H3,(H,13,14). The van der Waals surface area contributed by atoms with Gasteiger partial charge in [-0.3, -0.25) is 14.4 Å². The number of methoxy groups -OCH3 is 1. The molecule has 1 amide bonds. The van der Waals surface area contributed by atoms with Crippen molar-refractivity contribution in [2.24, 2.45) is 0 Å². The van der Waals surface area contributed by atoms with Gasteiger partial charge in [-0.2, -0.15) is 0 Å². The number of ether oxygens (including phenoxy) is 1. The molecule has 0 spiro atoms. The van der Waals surface area contributed by atoms with Crippen LogP contribution < -0.4 is 5.32 Å². The van der Waals surface area contributed by atoms with E-state index in [4.69, 9.17) is 0 Å². The van der Waals surface area contributed by atoms with Gasteiger partial charge in [0.1, 0.15) is 0 Å². The van der Waals surface area contributed by atoms with Crippen molar-refractivity contribution in [2.75, 3.05) is 19.4 Å². The van der Waals surface area contributed by atoms with E-state index in [1.807, 2.05) is 0 Å². The van der Waals surface area contributed by atoms with Crippen LogP contribution in [0.4, 0.5) is 0 Å². The van der Waals surface area contributed by atoms with E-state index in [0.717, 1.165) is 4.90 Å². The van der Waals surface area contributed by atoms with E-state index in [-0.39, 0.29) is 24.1 Å². The van der Waals surface area contributed by atoms with Gasteiger partial charge < -0.3 is 10.1 Å². The molecule has 0 fully saturated rings. The van der Waals surface area contributed by atoms with Crippen LogP contribution >= 0.6 is 11.8 Å². The lowest BCUT2D eigenvalue weighted by Gasteiger charge is -2.03. The first-order valence-electron chi connectivity index (χ1n) is 5.17. The van der Waals surface area contributed by atoms with E-state index in [1.165, 1.54) is 18.9 Å². The third kappa shape index (κ3) is 4.58. The van der Waals surface area contributed by atoms with Crippen molar-refractivity contribution in [3.8, 4) is 0 Å². The first kappa shape index (κ1) is 14.2. The average molecular weight is 267 g/mol. The van der Waals surface area contributed by atoms with Gasteiger partial charge in [0.25, 0.3) is 0 Å². The highest BCUT2D eigenvalue weighted by Crippen LogP contribution is 2.18. The van der Waals surface area contributed by atoms with Crippen molar-refractivity contribution >= 4 is 29.9 Å². The van der Waals surface area contributed by atoms with E-state index in [1.54, 1.807) is 24.3 Å². The van der Waals surface area contributed by atoms with E-state index in [9.17, 15) is 14.4 Å². The molecule has 0 heterocycles. The number of hydrogen-bond acceptors (Lipinski definition) is 5. The molecule has 6 heteroatoms. The van der Waals surface area contributed by atoms with Gasteiger partial charge in [0.05, 0.1) is 19.4 Å². The second-order valence-corrected chi connectivity index (χ2v) is 4.36. The van der Waals surface area contributed by atoms with Crippen molar-refractivity contribution in [3.05, 3.63) is 29.8 Å². The molecule has 0 unspecified atom stereocenters. The number of thioether (sulfide) groups is 1. The highest BCUT2D eigenvalue weighted by atomic mass is 32.2. The summed E-state index contributed by atoms with van der Waals surface area (Å²) in [5.41, 5.74) is 0.520. The fraction of sp³-hybridized carbons (Fsp3) is 0.250. The second kappa shape index (κ2) is 7.50. The number of ketones is 1. The van der Waals surface area contributed by atoms with Crippen LogP contribution in [0.3, 0.4) is 0 Å². The van der Waals surface area contributed by atoms with E-state index >= 15 is 0 Å². The van der Waals surface area contributed by atoms with E-state index in [0.29, 0.717) is 12.0 Å². The lowest BCUT2D eigenvalue weighted by Crippen LogP contribution is -2.21. The van der Waals surface area contributed by atoms with Crippen molar-refractivity contribution in [1.82, 2.24) is 5.32 Å². The predicted octanol–water partition coefficient (Wildman–Crippen LogP) is 0.880. The van der Waals surface area contributed by atoms with Crippen molar-refractivity contribution < 1.29 is 19.1 Å². The van der Waals surface area contributed by atoms with Crippen molar-refractivity contribution in [2.45, 2.75) is 4.90 Å². The first-order valence-corrected chi connectivity index (χ1v) is 6.16. The average Bonchev–Trinajstić information content (AvgIpc) is 2.42. The van der Waals surface area contributed by atoms with Gasteiger partial charge in [-0.05, 0) is 12.1 Å².